The predicted molar refractivity (Wildman–Crippen MR) is 33.5 cm³/mol. The Hall–Kier alpha value is 0.480. The number of halogens is 1. The molecule has 2 saturated carbocycles. The third-order valence-corrected chi connectivity index (χ3v) is 4.32. The monoisotopic (exact) mass is 160 g/mol. The summed E-state index contributed by atoms with van der Waals surface area (Å²) in [5, 5.41) is 0. The first kappa shape index (κ1) is 4.37. The molecule has 0 bridgehead atoms. The first-order valence-electron chi connectivity index (χ1n) is 2.91. The number of hydrogen-bond donors (Lipinski definition) is 0. The van der Waals surface area contributed by atoms with Crippen molar-refractivity contribution in [2.45, 2.75) is 24.6 Å². The van der Waals surface area contributed by atoms with Gasteiger partial charge in [-0.25, -0.2) is 0 Å². The molecule has 40 valence electrons. The largest absolute Gasteiger partial charge is 0.0881 e. The van der Waals surface area contributed by atoms with Gasteiger partial charge >= 0.3 is 0 Å². The lowest BCUT2D eigenvalue weighted by molar-refractivity contribution is 0.772. The van der Waals surface area contributed by atoms with Gasteiger partial charge in [0.05, 0.1) is 0 Å². The average Bonchev–Trinajstić information content (AvgIpc) is 2.47. The smallest absolute Gasteiger partial charge is 0.0236 e. The Kier molecular flexibility index (Phi) is 0.579. The van der Waals surface area contributed by atoms with Crippen LogP contribution >= 0.6 is 15.9 Å². The van der Waals surface area contributed by atoms with E-state index in [-0.39, 0.29) is 0 Å². The molecule has 2 aliphatic carbocycles. The summed E-state index contributed by atoms with van der Waals surface area (Å²) in [4.78, 5) is 0.889. The topological polar surface area (TPSA) is 0 Å². The van der Waals surface area contributed by atoms with E-state index in [0.717, 1.165) is 16.2 Å². The molecule has 2 unspecified atom stereocenters. The van der Waals surface area contributed by atoms with Crippen molar-refractivity contribution in [2.24, 2.45) is 11.3 Å². The minimum atomic E-state index is 0.833. The highest BCUT2D eigenvalue weighted by Crippen LogP contribution is 2.73. The van der Waals surface area contributed by atoms with Crippen LogP contribution in [-0.4, -0.2) is 4.83 Å². The van der Waals surface area contributed by atoms with Crippen molar-refractivity contribution in [1.29, 1.82) is 0 Å². The second-order valence-corrected chi connectivity index (χ2v) is 3.91. The fraction of sp³-hybridized carbons (Fsp3) is 1.00. The van der Waals surface area contributed by atoms with Gasteiger partial charge in [0.25, 0.3) is 0 Å². The van der Waals surface area contributed by atoms with Crippen LogP contribution in [0, 0.1) is 11.3 Å². The molecule has 1 heteroatoms. The van der Waals surface area contributed by atoms with Crippen LogP contribution < -0.4 is 0 Å². The Bertz CT molecular complexity index is 94.7. The second-order valence-electron chi connectivity index (χ2n) is 2.92. The van der Waals surface area contributed by atoms with Crippen molar-refractivity contribution in [3.8, 4) is 0 Å². The molecule has 1 spiro atoms. The molecule has 7 heavy (non-hydrogen) atoms. The van der Waals surface area contributed by atoms with Gasteiger partial charge in [0.1, 0.15) is 0 Å². The molecule has 0 amide bonds. The highest BCUT2D eigenvalue weighted by molar-refractivity contribution is 9.09. The summed E-state index contributed by atoms with van der Waals surface area (Å²) >= 11 is 3.63. The molecule has 0 saturated heterocycles. The van der Waals surface area contributed by atoms with Crippen molar-refractivity contribution in [3.05, 3.63) is 0 Å². The van der Waals surface area contributed by atoms with E-state index in [4.69, 9.17) is 0 Å². The summed E-state index contributed by atoms with van der Waals surface area (Å²) in [6.45, 7) is 2.34. The van der Waals surface area contributed by atoms with Crippen LogP contribution in [0.4, 0.5) is 0 Å². The highest BCUT2D eigenvalue weighted by Gasteiger charge is 2.68. The maximum atomic E-state index is 3.63. The van der Waals surface area contributed by atoms with Gasteiger partial charge in [0.15, 0.2) is 0 Å². The van der Waals surface area contributed by atoms with E-state index in [1.807, 2.05) is 0 Å². The number of alkyl halides is 1. The maximum absolute atomic E-state index is 3.63. The normalized spacial score (nSPS) is 52.3. The SMILES string of the molecule is CC1C(Br)C12CC2. The lowest BCUT2D eigenvalue weighted by Gasteiger charge is -1.71. The molecule has 0 N–H and O–H groups in total. The zero-order valence-electron chi connectivity index (χ0n) is 4.45. The van der Waals surface area contributed by atoms with Crippen molar-refractivity contribution in [3.63, 3.8) is 0 Å². The van der Waals surface area contributed by atoms with Crippen LogP contribution in [0.5, 0.6) is 0 Å². The summed E-state index contributed by atoms with van der Waals surface area (Å²) in [5.74, 6) is 0.993. The van der Waals surface area contributed by atoms with Crippen LogP contribution in [0.25, 0.3) is 0 Å². The summed E-state index contributed by atoms with van der Waals surface area (Å²) in [7, 11) is 0. The Labute approximate surface area is 52.4 Å². The zero-order chi connectivity index (χ0) is 5.07. The van der Waals surface area contributed by atoms with E-state index < -0.39 is 0 Å². The minimum absolute atomic E-state index is 0.833. The Morgan fingerprint density at radius 1 is 1.57 bits per heavy atom. The van der Waals surface area contributed by atoms with E-state index in [2.05, 4.69) is 22.9 Å². The van der Waals surface area contributed by atoms with Crippen molar-refractivity contribution >= 4 is 15.9 Å². The van der Waals surface area contributed by atoms with Crippen LogP contribution in [0.15, 0.2) is 0 Å². The van der Waals surface area contributed by atoms with Crippen LogP contribution in [0.2, 0.25) is 0 Å². The van der Waals surface area contributed by atoms with Crippen LogP contribution in [0.1, 0.15) is 19.8 Å². The molecule has 0 aliphatic heterocycles. The lowest BCUT2D eigenvalue weighted by Crippen LogP contribution is -1.67. The van der Waals surface area contributed by atoms with Crippen LogP contribution in [0.3, 0.4) is 0 Å². The molecule has 2 aliphatic rings. The molecule has 0 aromatic heterocycles. The van der Waals surface area contributed by atoms with Gasteiger partial charge in [-0.15, -0.1) is 0 Å². The number of hydrogen-bond acceptors (Lipinski definition) is 0. The quantitative estimate of drug-likeness (QED) is 0.477. The van der Waals surface area contributed by atoms with Gasteiger partial charge in [-0.2, -0.15) is 0 Å². The van der Waals surface area contributed by atoms with Gasteiger partial charge in [-0.05, 0) is 24.2 Å². The molecule has 0 heterocycles. The Morgan fingerprint density at radius 2 is 2.00 bits per heavy atom. The third kappa shape index (κ3) is 0.343. The molecule has 0 nitrogen and oxygen atoms in total. The molecule has 2 rings (SSSR count). The van der Waals surface area contributed by atoms with E-state index >= 15 is 0 Å². The van der Waals surface area contributed by atoms with Gasteiger partial charge in [0.2, 0.25) is 0 Å². The maximum Gasteiger partial charge on any atom is 0.0236 e. The van der Waals surface area contributed by atoms with Crippen molar-refractivity contribution in [2.75, 3.05) is 0 Å². The van der Waals surface area contributed by atoms with Crippen molar-refractivity contribution < 1.29 is 0 Å². The van der Waals surface area contributed by atoms with Gasteiger partial charge in [-0.3, -0.25) is 0 Å². The summed E-state index contributed by atoms with van der Waals surface area (Å²) in [5.41, 5.74) is 0.833. The van der Waals surface area contributed by atoms with E-state index in [1.165, 1.54) is 12.8 Å². The van der Waals surface area contributed by atoms with Gasteiger partial charge in [-0.1, -0.05) is 22.9 Å². The minimum Gasteiger partial charge on any atom is -0.0881 e. The standard InChI is InChI=1S/C6H9Br/c1-4-5(7)6(4)2-3-6/h4-5H,2-3H2,1H3. The molecule has 2 atom stereocenters. The van der Waals surface area contributed by atoms with Crippen LogP contribution in [-0.2, 0) is 0 Å². The first-order chi connectivity index (χ1) is 3.27. The Balaban J connectivity index is 2.17. The molecule has 0 aromatic carbocycles. The highest BCUT2D eigenvalue weighted by atomic mass is 79.9. The lowest BCUT2D eigenvalue weighted by atomic mass is 10.3. The second kappa shape index (κ2) is 0.928. The van der Waals surface area contributed by atoms with E-state index in [1.54, 1.807) is 0 Å². The van der Waals surface area contributed by atoms with Crippen molar-refractivity contribution in [1.82, 2.24) is 0 Å². The molecule has 0 radical (unpaired) electrons. The molecule has 0 aromatic rings. The first-order valence-corrected chi connectivity index (χ1v) is 3.83. The predicted octanol–water partition coefficient (Wildman–Crippen LogP) is 2.18. The summed E-state index contributed by atoms with van der Waals surface area (Å²) in [6.07, 6.45) is 2.98. The summed E-state index contributed by atoms with van der Waals surface area (Å²) < 4.78 is 0. The average molecular weight is 161 g/mol. The zero-order valence-corrected chi connectivity index (χ0v) is 6.03. The summed E-state index contributed by atoms with van der Waals surface area (Å²) in [6, 6.07) is 0. The molecular formula is C6H9Br. The fourth-order valence-corrected chi connectivity index (χ4v) is 2.76. The van der Waals surface area contributed by atoms with E-state index in [9.17, 15) is 0 Å². The fourth-order valence-electron chi connectivity index (χ4n) is 1.51. The Morgan fingerprint density at radius 3 is 2.00 bits per heavy atom. The molecular weight excluding hydrogens is 152 g/mol. The third-order valence-electron chi connectivity index (χ3n) is 2.61. The van der Waals surface area contributed by atoms with Gasteiger partial charge in [0, 0.05) is 4.83 Å². The van der Waals surface area contributed by atoms with Gasteiger partial charge < -0.3 is 0 Å². The van der Waals surface area contributed by atoms with E-state index in [0.29, 0.717) is 0 Å². The molecule has 2 fully saturated rings. The number of rotatable bonds is 0.